The summed E-state index contributed by atoms with van der Waals surface area (Å²) in [6.45, 7) is 5.32. The minimum absolute atomic E-state index is 0.0273. The van der Waals surface area contributed by atoms with Crippen LogP contribution in [0.2, 0.25) is 0 Å². The smallest absolute Gasteiger partial charge is 0.256 e. The number of piperazine rings is 1. The van der Waals surface area contributed by atoms with Gasteiger partial charge in [0.15, 0.2) is 0 Å². The van der Waals surface area contributed by atoms with E-state index in [9.17, 15) is 18.8 Å². The summed E-state index contributed by atoms with van der Waals surface area (Å²) in [6, 6.07) is 11.2. The molecular weight excluding hydrogens is 435 g/mol. The van der Waals surface area contributed by atoms with Crippen molar-refractivity contribution in [2.45, 2.75) is 32.6 Å². The SMILES string of the molecule is CCC(=O)Nc1ccc(N2CCN(C(=O)c3cccc(F)c3)CC2)c(C(=O)N2CCCCC2)c1. The average molecular weight is 467 g/mol. The number of anilines is 2. The van der Waals surface area contributed by atoms with Gasteiger partial charge in [0.2, 0.25) is 5.91 Å². The lowest BCUT2D eigenvalue weighted by Crippen LogP contribution is -2.49. The summed E-state index contributed by atoms with van der Waals surface area (Å²) in [5.74, 6) is -0.754. The van der Waals surface area contributed by atoms with Crippen LogP contribution in [0, 0.1) is 5.82 Å². The van der Waals surface area contributed by atoms with Crippen molar-refractivity contribution in [1.82, 2.24) is 9.80 Å². The Balaban J connectivity index is 1.52. The predicted octanol–water partition coefficient (Wildman–Crippen LogP) is 3.76. The minimum Gasteiger partial charge on any atom is -0.367 e. The van der Waals surface area contributed by atoms with Crippen LogP contribution in [0.3, 0.4) is 0 Å². The Morgan fingerprint density at radius 3 is 2.24 bits per heavy atom. The topological polar surface area (TPSA) is 73.0 Å². The predicted molar refractivity (Wildman–Crippen MR) is 130 cm³/mol. The van der Waals surface area contributed by atoms with Gasteiger partial charge < -0.3 is 20.0 Å². The summed E-state index contributed by atoms with van der Waals surface area (Å²) >= 11 is 0. The number of hydrogen-bond donors (Lipinski definition) is 1. The van der Waals surface area contributed by atoms with Crippen LogP contribution >= 0.6 is 0 Å². The maximum atomic E-state index is 13.5. The molecule has 2 aromatic rings. The van der Waals surface area contributed by atoms with Gasteiger partial charge in [-0.25, -0.2) is 4.39 Å². The van der Waals surface area contributed by atoms with Crippen LogP contribution in [0.5, 0.6) is 0 Å². The first-order valence-corrected chi connectivity index (χ1v) is 12.0. The van der Waals surface area contributed by atoms with E-state index in [0.717, 1.165) is 38.0 Å². The van der Waals surface area contributed by atoms with Crippen LogP contribution in [0.4, 0.5) is 15.8 Å². The third-order valence-corrected chi connectivity index (χ3v) is 6.45. The number of nitrogens with zero attached hydrogens (tertiary/aromatic N) is 3. The molecule has 2 saturated heterocycles. The van der Waals surface area contributed by atoms with Gasteiger partial charge >= 0.3 is 0 Å². The lowest BCUT2D eigenvalue weighted by atomic mass is 10.1. The maximum Gasteiger partial charge on any atom is 0.256 e. The van der Waals surface area contributed by atoms with Crippen molar-refractivity contribution in [2.24, 2.45) is 0 Å². The Hall–Kier alpha value is -3.42. The van der Waals surface area contributed by atoms with Gasteiger partial charge in [0.1, 0.15) is 5.82 Å². The van der Waals surface area contributed by atoms with Crippen molar-refractivity contribution in [3.63, 3.8) is 0 Å². The molecule has 2 aromatic carbocycles. The van der Waals surface area contributed by atoms with Crippen LogP contribution < -0.4 is 10.2 Å². The number of benzene rings is 2. The number of piperidine rings is 1. The average Bonchev–Trinajstić information content (AvgIpc) is 2.88. The molecule has 4 rings (SSSR count). The number of hydrogen-bond acceptors (Lipinski definition) is 4. The number of carbonyl (C=O) groups is 3. The van der Waals surface area contributed by atoms with E-state index >= 15 is 0 Å². The molecule has 0 saturated carbocycles. The molecule has 0 atom stereocenters. The van der Waals surface area contributed by atoms with Crippen molar-refractivity contribution in [3.8, 4) is 0 Å². The molecule has 3 amide bonds. The highest BCUT2D eigenvalue weighted by molar-refractivity contribution is 6.02. The van der Waals surface area contributed by atoms with Crippen LogP contribution in [0.25, 0.3) is 0 Å². The third-order valence-electron chi connectivity index (χ3n) is 6.45. The monoisotopic (exact) mass is 466 g/mol. The highest BCUT2D eigenvalue weighted by Gasteiger charge is 2.27. The largest absolute Gasteiger partial charge is 0.367 e. The van der Waals surface area contributed by atoms with E-state index in [0.29, 0.717) is 49.4 Å². The molecule has 0 aromatic heterocycles. The summed E-state index contributed by atoms with van der Waals surface area (Å²) in [4.78, 5) is 43.9. The van der Waals surface area contributed by atoms with E-state index in [1.165, 1.54) is 18.2 Å². The summed E-state index contributed by atoms with van der Waals surface area (Å²) in [6.07, 6.45) is 3.48. The zero-order chi connectivity index (χ0) is 24.1. The van der Waals surface area contributed by atoms with Crippen LogP contribution in [-0.4, -0.2) is 66.8 Å². The number of halogens is 1. The first-order chi connectivity index (χ1) is 16.5. The Kier molecular flexibility index (Phi) is 7.45. The van der Waals surface area contributed by atoms with Crippen LogP contribution in [0.1, 0.15) is 53.3 Å². The molecule has 0 radical (unpaired) electrons. The van der Waals surface area contributed by atoms with Crippen LogP contribution in [-0.2, 0) is 4.79 Å². The first kappa shape index (κ1) is 23.7. The Labute approximate surface area is 199 Å². The van der Waals surface area contributed by atoms with E-state index in [1.54, 1.807) is 24.0 Å². The molecule has 7 nitrogen and oxygen atoms in total. The van der Waals surface area contributed by atoms with Crippen molar-refractivity contribution in [1.29, 1.82) is 0 Å². The summed E-state index contributed by atoms with van der Waals surface area (Å²) < 4.78 is 13.5. The summed E-state index contributed by atoms with van der Waals surface area (Å²) in [5.41, 5.74) is 2.32. The number of rotatable bonds is 5. The van der Waals surface area contributed by atoms with E-state index in [4.69, 9.17) is 0 Å². The zero-order valence-electron chi connectivity index (χ0n) is 19.6. The second-order valence-corrected chi connectivity index (χ2v) is 8.78. The van der Waals surface area contributed by atoms with Gasteiger partial charge in [0.25, 0.3) is 11.8 Å². The van der Waals surface area contributed by atoms with Gasteiger partial charge in [-0.05, 0) is 55.7 Å². The van der Waals surface area contributed by atoms with Crippen molar-refractivity contribution in [2.75, 3.05) is 49.5 Å². The van der Waals surface area contributed by atoms with Crippen molar-refractivity contribution < 1.29 is 18.8 Å². The standard InChI is InChI=1S/C26H31FN4O3/c1-2-24(32)28-21-9-10-23(22(18-21)26(34)30-11-4-3-5-12-30)29-13-15-31(16-14-29)25(33)19-7-6-8-20(27)17-19/h6-10,17-18H,2-5,11-16H2,1H3,(H,28,32). The second-order valence-electron chi connectivity index (χ2n) is 8.78. The summed E-state index contributed by atoms with van der Waals surface area (Å²) in [7, 11) is 0. The zero-order valence-corrected chi connectivity index (χ0v) is 19.6. The van der Waals surface area contributed by atoms with Crippen molar-refractivity contribution in [3.05, 3.63) is 59.4 Å². The van der Waals surface area contributed by atoms with E-state index in [-0.39, 0.29) is 17.7 Å². The minimum atomic E-state index is -0.430. The molecule has 0 unspecified atom stereocenters. The third kappa shape index (κ3) is 5.38. The highest BCUT2D eigenvalue weighted by Crippen LogP contribution is 2.28. The Morgan fingerprint density at radius 2 is 1.56 bits per heavy atom. The van der Waals surface area contributed by atoms with Gasteiger partial charge in [-0.1, -0.05) is 13.0 Å². The van der Waals surface area contributed by atoms with Crippen LogP contribution in [0.15, 0.2) is 42.5 Å². The molecule has 34 heavy (non-hydrogen) atoms. The molecule has 2 fully saturated rings. The molecule has 180 valence electrons. The maximum absolute atomic E-state index is 13.5. The molecule has 0 spiro atoms. The van der Waals surface area contributed by atoms with Gasteiger partial charge in [-0.2, -0.15) is 0 Å². The molecule has 0 aliphatic carbocycles. The second kappa shape index (κ2) is 10.7. The molecule has 2 aliphatic heterocycles. The number of amides is 3. The fourth-order valence-electron chi connectivity index (χ4n) is 4.53. The fourth-order valence-corrected chi connectivity index (χ4v) is 4.53. The fraction of sp³-hybridized carbons (Fsp3) is 0.423. The molecule has 0 bridgehead atoms. The lowest BCUT2D eigenvalue weighted by molar-refractivity contribution is -0.115. The van der Waals surface area contributed by atoms with Gasteiger partial charge in [0, 0.05) is 62.6 Å². The van der Waals surface area contributed by atoms with Gasteiger partial charge in [-0.15, -0.1) is 0 Å². The lowest BCUT2D eigenvalue weighted by Gasteiger charge is -2.37. The molecule has 1 N–H and O–H groups in total. The van der Waals surface area contributed by atoms with Gasteiger partial charge in [-0.3, -0.25) is 14.4 Å². The number of likely N-dealkylation sites (tertiary alicyclic amines) is 1. The van der Waals surface area contributed by atoms with Crippen molar-refractivity contribution >= 4 is 29.1 Å². The molecule has 8 heteroatoms. The van der Waals surface area contributed by atoms with E-state index in [1.807, 2.05) is 17.0 Å². The van der Waals surface area contributed by atoms with E-state index < -0.39 is 5.82 Å². The number of nitrogens with one attached hydrogen (secondary N) is 1. The quantitative estimate of drug-likeness (QED) is 0.728. The Morgan fingerprint density at radius 1 is 0.853 bits per heavy atom. The first-order valence-electron chi connectivity index (χ1n) is 12.0. The highest BCUT2D eigenvalue weighted by atomic mass is 19.1. The van der Waals surface area contributed by atoms with E-state index in [2.05, 4.69) is 10.2 Å². The Bertz CT molecular complexity index is 1060. The summed E-state index contributed by atoms with van der Waals surface area (Å²) in [5, 5.41) is 2.85. The molecular formula is C26H31FN4O3. The number of carbonyl (C=O) groups excluding carboxylic acids is 3. The molecule has 2 heterocycles. The van der Waals surface area contributed by atoms with Gasteiger partial charge in [0.05, 0.1) is 5.56 Å². The normalized spacial score (nSPS) is 16.4. The molecule has 2 aliphatic rings.